The highest BCUT2D eigenvalue weighted by atomic mass is 79.9. The van der Waals surface area contributed by atoms with Crippen LogP contribution >= 0.6 is 15.9 Å². The SMILES string of the molecule is O=C(CCC1CCNCC1)Nc1ccccc1Br. The molecule has 0 radical (unpaired) electrons. The molecule has 4 heteroatoms. The molecule has 1 amide bonds. The standard InChI is InChI=1S/C14H19BrN2O/c15-12-3-1-2-4-13(12)17-14(18)6-5-11-7-9-16-10-8-11/h1-4,11,16H,5-10H2,(H,17,18). The van der Waals surface area contributed by atoms with Crippen LogP contribution in [0.5, 0.6) is 0 Å². The lowest BCUT2D eigenvalue weighted by molar-refractivity contribution is -0.116. The van der Waals surface area contributed by atoms with Crippen molar-refractivity contribution in [1.82, 2.24) is 5.32 Å². The fourth-order valence-electron chi connectivity index (χ4n) is 2.28. The predicted octanol–water partition coefficient (Wildman–Crippen LogP) is 3.17. The average Bonchev–Trinajstić information content (AvgIpc) is 2.40. The van der Waals surface area contributed by atoms with Crippen LogP contribution in [0, 0.1) is 5.92 Å². The summed E-state index contributed by atoms with van der Waals surface area (Å²) in [5.74, 6) is 0.816. The molecule has 3 nitrogen and oxygen atoms in total. The second-order valence-electron chi connectivity index (χ2n) is 4.76. The Hall–Kier alpha value is -0.870. The van der Waals surface area contributed by atoms with E-state index in [0.29, 0.717) is 12.3 Å². The molecular formula is C14H19BrN2O. The van der Waals surface area contributed by atoms with E-state index in [1.165, 1.54) is 12.8 Å². The third-order valence-corrected chi connectivity index (χ3v) is 4.08. The Bertz CT molecular complexity index is 403. The van der Waals surface area contributed by atoms with E-state index >= 15 is 0 Å². The normalized spacial score (nSPS) is 16.5. The molecule has 1 fully saturated rings. The Morgan fingerprint density at radius 3 is 2.78 bits per heavy atom. The van der Waals surface area contributed by atoms with Crippen molar-refractivity contribution in [3.8, 4) is 0 Å². The highest BCUT2D eigenvalue weighted by molar-refractivity contribution is 9.10. The molecule has 1 saturated heterocycles. The highest BCUT2D eigenvalue weighted by Crippen LogP contribution is 2.22. The number of piperidine rings is 1. The van der Waals surface area contributed by atoms with Crippen molar-refractivity contribution >= 4 is 27.5 Å². The Morgan fingerprint density at radius 2 is 2.06 bits per heavy atom. The number of hydrogen-bond acceptors (Lipinski definition) is 2. The van der Waals surface area contributed by atoms with Gasteiger partial charge in [0.2, 0.25) is 5.91 Å². The van der Waals surface area contributed by atoms with Crippen molar-refractivity contribution in [1.29, 1.82) is 0 Å². The zero-order chi connectivity index (χ0) is 12.8. The molecule has 18 heavy (non-hydrogen) atoms. The largest absolute Gasteiger partial charge is 0.325 e. The van der Waals surface area contributed by atoms with Crippen LogP contribution in [0.1, 0.15) is 25.7 Å². The first kappa shape index (κ1) is 13.6. The van der Waals surface area contributed by atoms with Crippen molar-refractivity contribution in [2.24, 2.45) is 5.92 Å². The van der Waals surface area contributed by atoms with Gasteiger partial charge >= 0.3 is 0 Å². The van der Waals surface area contributed by atoms with E-state index in [2.05, 4.69) is 26.6 Å². The molecule has 0 unspecified atom stereocenters. The molecule has 0 aromatic heterocycles. The van der Waals surface area contributed by atoms with Gasteiger partial charge < -0.3 is 10.6 Å². The van der Waals surface area contributed by atoms with Gasteiger partial charge in [-0.2, -0.15) is 0 Å². The number of benzene rings is 1. The number of carbonyl (C=O) groups excluding carboxylic acids is 1. The van der Waals surface area contributed by atoms with Crippen LogP contribution in [0.2, 0.25) is 0 Å². The number of rotatable bonds is 4. The summed E-state index contributed by atoms with van der Waals surface area (Å²) in [6.45, 7) is 2.19. The van der Waals surface area contributed by atoms with Gasteiger partial charge in [0.15, 0.2) is 0 Å². The fraction of sp³-hybridized carbons (Fsp3) is 0.500. The van der Waals surface area contributed by atoms with Gasteiger partial charge in [-0.25, -0.2) is 0 Å². The number of anilines is 1. The second kappa shape index (κ2) is 6.90. The number of hydrogen-bond donors (Lipinski definition) is 2. The Kier molecular flexibility index (Phi) is 5.20. The van der Waals surface area contributed by atoms with Gasteiger partial charge in [0.1, 0.15) is 0 Å². The summed E-state index contributed by atoms with van der Waals surface area (Å²) in [5, 5.41) is 6.29. The minimum absolute atomic E-state index is 0.112. The van der Waals surface area contributed by atoms with Gasteiger partial charge in [-0.05, 0) is 66.3 Å². The summed E-state index contributed by atoms with van der Waals surface area (Å²) in [6.07, 6.45) is 4.01. The Labute approximate surface area is 116 Å². The number of amides is 1. The van der Waals surface area contributed by atoms with Gasteiger partial charge in [0.25, 0.3) is 0 Å². The predicted molar refractivity (Wildman–Crippen MR) is 77.6 cm³/mol. The molecule has 1 heterocycles. The number of nitrogens with one attached hydrogen (secondary N) is 2. The van der Waals surface area contributed by atoms with E-state index in [9.17, 15) is 4.79 Å². The van der Waals surface area contributed by atoms with Crippen LogP contribution in [0.25, 0.3) is 0 Å². The lowest BCUT2D eigenvalue weighted by atomic mass is 9.93. The van der Waals surface area contributed by atoms with Crippen molar-refractivity contribution < 1.29 is 4.79 Å². The van der Waals surface area contributed by atoms with Gasteiger partial charge in [-0.15, -0.1) is 0 Å². The number of para-hydroxylation sites is 1. The van der Waals surface area contributed by atoms with Crippen LogP contribution in [-0.2, 0) is 4.79 Å². The third kappa shape index (κ3) is 4.10. The molecule has 2 N–H and O–H groups in total. The molecular weight excluding hydrogens is 292 g/mol. The lowest BCUT2D eigenvalue weighted by Gasteiger charge is -2.22. The quantitative estimate of drug-likeness (QED) is 0.897. The average molecular weight is 311 g/mol. The van der Waals surface area contributed by atoms with Crippen LogP contribution in [-0.4, -0.2) is 19.0 Å². The van der Waals surface area contributed by atoms with E-state index in [1.807, 2.05) is 24.3 Å². The van der Waals surface area contributed by atoms with E-state index in [-0.39, 0.29) is 5.91 Å². The van der Waals surface area contributed by atoms with Crippen molar-refractivity contribution in [3.05, 3.63) is 28.7 Å². The molecule has 0 saturated carbocycles. The smallest absolute Gasteiger partial charge is 0.224 e. The summed E-state index contributed by atoms with van der Waals surface area (Å²) in [6, 6.07) is 7.71. The maximum Gasteiger partial charge on any atom is 0.224 e. The Balaban J connectivity index is 1.76. The summed E-state index contributed by atoms with van der Waals surface area (Å²) >= 11 is 3.43. The van der Waals surface area contributed by atoms with Crippen LogP contribution in [0.4, 0.5) is 5.69 Å². The maximum atomic E-state index is 11.9. The highest BCUT2D eigenvalue weighted by Gasteiger charge is 2.14. The monoisotopic (exact) mass is 310 g/mol. The van der Waals surface area contributed by atoms with E-state index in [0.717, 1.165) is 29.7 Å². The van der Waals surface area contributed by atoms with Crippen LogP contribution < -0.4 is 10.6 Å². The van der Waals surface area contributed by atoms with Crippen LogP contribution in [0.3, 0.4) is 0 Å². The molecule has 1 aliphatic heterocycles. The molecule has 1 aliphatic rings. The minimum Gasteiger partial charge on any atom is -0.325 e. The number of halogens is 1. The topological polar surface area (TPSA) is 41.1 Å². The lowest BCUT2D eigenvalue weighted by Crippen LogP contribution is -2.28. The summed E-state index contributed by atoms with van der Waals surface area (Å²) in [5.41, 5.74) is 0.854. The van der Waals surface area contributed by atoms with Crippen molar-refractivity contribution in [3.63, 3.8) is 0 Å². The number of carbonyl (C=O) groups is 1. The zero-order valence-electron chi connectivity index (χ0n) is 10.4. The van der Waals surface area contributed by atoms with E-state index in [1.54, 1.807) is 0 Å². The van der Waals surface area contributed by atoms with Gasteiger partial charge in [0, 0.05) is 10.9 Å². The maximum absolute atomic E-state index is 11.9. The third-order valence-electron chi connectivity index (χ3n) is 3.39. The van der Waals surface area contributed by atoms with E-state index in [4.69, 9.17) is 0 Å². The first-order valence-electron chi connectivity index (χ1n) is 6.51. The van der Waals surface area contributed by atoms with E-state index < -0.39 is 0 Å². The van der Waals surface area contributed by atoms with Crippen molar-refractivity contribution in [2.45, 2.75) is 25.7 Å². The molecule has 0 bridgehead atoms. The molecule has 0 aliphatic carbocycles. The molecule has 0 atom stereocenters. The first-order chi connectivity index (χ1) is 8.75. The molecule has 1 aromatic carbocycles. The Morgan fingerprint density at radius 1 is 1.33 bits per heavy atom. The minimum atomic E-state index is 0.112. The zero-order valence-corrected chi connectivity index (χ0v) is 12.0. The molecule has 1 aromatic rings. The summed E-state index contributed by atoms with van der Waals surface area (Å²) in [7, 11) is 0. The van der Waals surface area contributed by atoms with Gasteiger partial charge in [0.05, 0.1) is 5.69 Å². The first-order valence-corrected chi connectivity index (χ1v) is 7.30. The summed E-state index contributed by atoms with van der Waals surface area (Å²) in [4.78, 5) is 11.9. The summed E-state index contributed by atoms with van der Waals surface area (Å²) < 4.78 is 0.931. The van der Waals surface area contributed by atoms with Gasteiger partial charge in [-0.1, -0.05) is 12.1 Å². The van der Waals surface area contributed by atoms with Crippen molar-refractivity contribution in [2.75, 3.05) is 18.4 Å². The van der Waals surface area contributed by atoms with Gasteiger partial charge in [-0.3, -0.25) is 4.79 Å². The van der Waals surface area contributed by atoms with Crippen LogP contribution in [0.15, 0.2) is 28.7 Å². The fourth-order valence-corrected chi connectivity index (χ4v) is 2.66. The second-order valence-corrected chi connectivity index (χ2v) is 5.61. The molecule has 2 rings (SSSR count). The molecule has 98 valence electrons. The molecule has 0 spiro atoms.